The van der Waals surface area contributed by atoms with Crippen LogP contribution in [0, 0.1) is 16.0 Å². The maximum absolute atomic E-state index is 10.8. The molecule has 0 radical (unpaired) electrons. The van der Waals surface area contributed by atoms with E-state index in [1.165, 1.54) is 6.07 Å². The summed E-state index contributed by atoms with van der Waals surface area (Å²) in [5, 5.41) is 22.7. The molecule has 2 N–H and O–H groups in total. The van der Waals surface area contributed by atoms with Crippen molar-refractivity contribution in [3.63, 3.8) is 0 Å². The Labute approximate surface area is 106 Å². The molecule has 0 amide bonds. The molecule has 1 rings (SSSR count). The number of nitro benzene ring substituents is 1. The minimum absolute atomic E-state index is 0.109. The second-order valence-electron chi connectivity index (χ2n) is 4.16. The summed E-state index contributed by atoms with van der Waals surface area (Å²) in [6.45, 7) is 3.44. The van der Waals surface area contributed by atoms with Crippen LogP contribution in [0.5, 0.6) is 0 Å². The summed E-state index contributed by atoms with van der Waals surface area (Å²) in [5.74, 6) is 0.212. The van der Waals surface area contributed by atoms with Crippen molar-refractivity contribution in [2.24, 2.45) is 5.92 Å². The van der Waals surface area contributed by atoms with E-state index in [0.29, 0.717) is 12.1 Å². The molecule has 0 saturated heterocycles. The second-order valence-corrected chi connectivity index (χ2v) is 4.16. The molecular weight excluding hydrogens is 232 g/mol. The lowest BCUT2D eigenvalue weighted by molar-refractivity contribution is -0.385. The van der Waals surface area contributed by atoms with Crippen LogP contribution in [0.25, 0.3) is 6.08 Å². The third-order valence-corrected chi connectivity index (χ3v) is 2.50. The lowest BCUT2D eigenvalue weighted by Gasteiger charge is -2.06. The molecule has 1 aromatic carbocycles. The zero-order valence-corrected chi connectivity index (χ0v) is 10.4. The number of benzene rings is 1. The molecule has 98 valence electrons. The molecule has 0 bridgehead atoms. The van der Waals surface area contributed by atoms with Crippen LogP contribution in [0.1, 0.15) is 12.5 Å². The van der Waals surface area contributed by atoms with E-state index >= 15 is 0 Å². The fraction of sp³-hybridized carbons (Fsp3) is 0.385. The minimum Gasteiger partial charge on any atom is -0.396 e. The zero-order valence-electron chi connectivity index (χ0n) is 10.4. The number of nitrogens with one attached hydrogen (secondary N) is 1. The van der Waals surface area contributed by atoms with Gasteiger partial charge in [0.2, 0.25) is 0 Å². The van der Waals surface area contributed by atoms with Crippen LogP contribution in [-0.4, -0.2) is 29.7 Å². The van der Waals surface area contributed by atoms with Gasteiger partial charge in [-0.2, -0.15) is 0 Å². The summed E-state index contributed by atoms with van der Waals surface area (Å²) in [4.78, 5) is 10.4. The maximum Gasteiger partial charge on any atom is 0.276 e. The highest BCUT2D eigenvalue weighted by Crippen LogP contribution is 2.18. The first-order valence-electron chi connectivity index (χ1n) is 5.86. The quantitative estimate of drug-likeness (QED) is 0.440. The first kappa shape index (κ1) is 14.3. The Hall–Kier alpha value is -1.72. The van der Waals surface area contributed by atoms with E-state index in [4.69, 9.17) is 5.11 Å². The lowest BCUT2D eigenvalue weighted by atomic mass is 10.1. The van der Waals surface area contributed by atoms with Crippen molar-refractivity contribution in [1.82, 2.24) is 5.32 Å². The molecule has 0 heterocycles. The van der Waals surface area contributed by atoms with E-state index in [9.17, 15) is 10.1 Å². The number of hydrogen-bond acceptors (Lipinski definition) is 4. The fourth-order valence-electron chi connectivity index (χ4n) is 1.46. The van der Waals surface area contributed by atoms with Gasteiger partial charge in [-0.3, -0.25) is 10.1 Å². The summed E-state index contributed by atoms with van der Waals surface area (Å²) >= 11 is 0. The molecule has 18 heavy (non-hydrogen) atoms. The highest BCUT2D eigenvalue weighted by atomic mass is 16.6. The van der Waals surface area contributed by atoms with Gasteiger partial charge >= 0.3 is 0 Å². The van der Waals surface area contributed by atoms with E-state index < -0.39 is 0 Å². The van der Waals surface area contributed by atoms with Crippen molar-refractivity contribution >= 4 is 11.8 Å². The predicted molar refractivity (Wildman–Crippen MR) is 71.2 cm³/mol. The summed E-state index contributed by atoms with van der Waals surface area (Å²) in [6, 6.07) is 6.62. The van der Waals surface area contributed by atoms with Gasteiger partial charge < -0.3 is 10.4 Å². The van der Waals surface area contributed by atoms with E-state index in [1.807, 2.05) is 13.0 Å². The van der Waals surface area contributed by atoms with Crippen molar-refractivity contribution < 1.29 is 10.0 Å². The Kier molecular flexibility index (Phi) is 6.04. The van der Waals surface area contributed by atoms with Gasteiger partial charge in [-0.25, -0.2) is 0 Å². The molecule has 0 aliphatic heterocycles. The molecule has 5 heteroatoms. The molecule has 1 unspecified atom stereocenters. The Morgan fingerprint density at radius 2 is 2.22 bits per heavy atom. The summed E-state index contributed by atoms with van der Waals surface area (Å²) in [6.07, 6.45) is 3.57. The molecule has 0 fully saturated rings. The van der Waals surface area contributed by atoms with Crippen LogP contribution in [0.4, 0.5) is 5.69 Å². The summed E-state index contributed by atoms with van der Waals surface area (Å²) in [5.41, 5.74) is 0.706. The zero-order chi connectivity index (χ0) is 13.4. The van der Waals surface area contributed by atoms with Gasteiger partial charge in [0.25, 0.3) is 5.69 Å². The second kappa shape index (κ2) is 7.58. The molecule has 5 nitrogen and oxygen atoms in total. The smallest absolute Gasteiger partial charge is 0.276 e. The average Bonchev–Trinajstić information content (AvgIpc) is 2.38. The van der Waals surface area contributed by atoms with Crippen LogP contribution in [0.2, 0.25) is 0 Å². The van der Waals surface area contributed by atoms with E-state index in [2.05, 4.69) is 5.32 Å². The lowest BCUT2D eigenvalue weighted by Crippen LogP contribution is -2.23. The number of aliphatic hydroxyl groups is 1. The highest BCUT2D eigenvalue weighted by molar-refractivity contribution is 5.60. The van der Waals surface area contributed by atoms with Gasteiger partial charge in [0.1, 0.15) is 0 Å². The number of hydrogen-bond donors (Lipinski definition) is 2. The Morgan fingerprint density at radius 3 is 2.89 bits per heavy atom. The van der Waals surface area contributed by atoms with Crippen LogP contribution in [0.15, 0.2) is 30.3 Å². The van der Waals surface area contributed by atoms with Crippen molar-refractivity contribution in [3.05, 3.63) is 46.0 Å². The number of nitrogens with zero attached hydrogens (tertiary/aromatic N) is 1. The van der Waals surface area contributed by atoms with Crippen molar-refractivity contribution in [1.29, 1.82) is 0 Å². The summed E-state index contributed by atoms with van der Waals surface area (Å²) < 4.78 is 0. The van der Waals surface area contributed by atoms with E-state index in [-0.39, 0.29) is 23.1 Å². The topological polar surface area (TPSA) is 75.4 Å². The van der Waals surface area contributed by atoms with Gasteiger partial charge in [-0.1, -0.05) is 31.2 Å². The third-order valence-electron chi connectivity index (χ3n) is 2.50. The predicted octanol–water partition coefficient (Wildman–Crippen LogP) is 1.83. The average molecular weight is 250 g/mol. The van der Waals surface area contributed by atoms with Gasteiger partial charge in [0.05, 0.1) is 10.5 Å². The molecular formula is C13H18N2O3. The van der Waals surface area contributed by atoms with E-state index in [0.717, 1.165) is 6.54 Å². The largest absolute Gasteiger partial charge is 0.396 e. The third kappa shape index (κ3) is 4.65. The maximum atomic E-state index is 10.8. The standard InChI is InChI=1S/C13H18N2O3/c1-11(10-16)9-14-8-4-6-12-5-2-3-7-13(12)15(17)18/h2-7,11,14,16H,8-10H2,1H3/b6-4+. The monoisotopic (exact) mass is 250 g/mol. The first-order chi connectivity index (χ1) is 8.65. The van der Waals surface area contributed by atoms with Crippen LogP contribution < -0.4 is 5.32 Å². The number of rotatable bonds is 7. The van der Waals surface area contributed by atoms with Crippen LogP contribution in [0.3, 0.4) is 0 Å². The van der Waals surface area contributed by atoms with Crippen molar-refractivity contribution in [2.45, 2.75) is 6.92 Å². The van der Waals surface area contributed by atoms with E-state index in [1.54, 1.807) is 24.3 Å². The van der Waals surface area contributed by atoms with Crippen molar-refractivity contribution in [2.75, 3.05) is 19.7 Å². The van der Waals surface area contributed by atoms with Crippen LogP contribution >= 0.6 is 0 Å². The van der Waals surface area contributed by atoms with Crippen LogP contribution in [-0.2, 0) is 0 Å². The Morgan fingerprint density at radius 1 is 1.50 bits per heavy atom. The number of para-hydroxylation sites is 1. The van der Waals surface area contributed by atoms with Crippen molar-refractivity contribution in [3.8, 4) is 0 Å². The molecule has 1 aromatic rings. The molecule has 0 aromatic heterocycles. The van der Waals surface area contributed by atoms with Gasteiger partial charge in [-0.05, 0) is 12.0 Å². The Balaban J connectivity index is 2.49. The van der Waals surface area contributed by atoms with Gasteiger partial charge in [0, 0.05) is 25.8 Å². The number of nitro groups is 1. The normalized spacial score (nSPS) is 12.8. The van der Waals surface area contributed by atoms with Gasteiger partial charge in [0.15, 0.2) is 0 Å². The first-order valence-corrected chi connectivity index (χ1v) is 5.86. The fourth-order valence-corrected chi connectivity index (χ4v) is 1.46. The highest BCUT2D eigenvalue weighted by Gasteiger charge is 2.08. The summed E-state index contributed by atoms with van der Waals surface area (Å²) in [7, 11) is 0. The van der Waals surface area contributed by atoms with Gasteiger partial charge in [-0.15, -0.1) is 0 Å². The Bertz CT molecular complexity index is 418. The molecule has 0 spiro atoms. The molecule has 0 saturated carbocycles. The molecule has 0 aliphatic carbocycles. The number of aliphatic hydroxyl groups excluding tert-OH is 1. The molecule has 0 aliphatic rings. The minimum atomic E-state index is -0.388. The molecule has 1 atom stereocenters. The SMILES string of the molecule is CC(CO)CNC/C=C/c1ccccc1[N+](=O)[O-].